The molecule has 0 unspecified atom stereocenters. The third-order valence-corrected chi connectivity index (χ3v) is 4.83. The van der Waals surface area contributed by atoms with Crippen molar-refractivity contribution in [1.29, 1.82) is 5.26 Å². The second-order valence-electron chi connectivity index (χ2n) is 6.23. The van der Waals surface area contributed by atoms with Gasteiger partial charge in [0.05, 0.1) is 25.9 Å². The fourth-order valence-electron chi connectivity index (χ4n) is 2.79. The maximum atomic E-state index is 9.65. The van der Waals surface area contributed by atoms with Gasteiger partial charge < -0.3 is 14.2 Å². The van der Waals surface area contributed by atoms with Crippen molar-refractivity contribution in [2.45, 2.75) is 6.61 Å². The number of halogens is 1. The number of benzene rings is 3. The number of hydrogen-bond acceptors (Lipinski definition) is 4. The van der Waals surface area contributed by atoms with E-state index in [0.29, 0.717) is 23.7 Å². The Morgan fingerprint density at radius 2 is 1.72 bits per heavy atom. The van der Waals surface area contributed by atoms with E-state index in [1.54, 1.807) is 26.4 Å². The molecule has 0 bridgehead atoms. The molecular formula is C24H20BrNO3. The first-order valence-electron chi connectivity index (χ1n) is 8.94. The molecule has 0 amide bonds. The summed E-state index contributed by atoms with van der Waals surface area (Å²) in [5, 5.41) is 9.65. The van der Waals surface area contributed by atoms with Crippen LogP contribution in [-0.2, 0) is 6.61 Å². The average molecular weight is 450 g/mol. The Morgan fingerprint density at radius 1 is 0.966 bits per heavy atom. The number of ether oxygens (including phenoxy) is 3. The predicted molar refractivity (Wildman–Crippen MR) is 118 cm³/mol. The average Bonchev–Trinajstić information content (AvgIpc) is 2.77. The summed E-state index contributed by atoms with van der Waals surface area (Å²) in [7, 11) is 3.15. The number of allylic oxidation sites excluding steroid dienone is 1. The standard InChI is InChI=1S/C24H20BrNO3/c1-27-23-11-8-19(14-24(23)28-2)20(15-26)12-18-4-3-5-22(13-18)29-16-17-6-9-21(25)10-7-17/h3-14H,16H2,1-2H3/b20-12+. The molecule has 0 aliphatic heterocycles. The summed E-state index contributed by atoms with van der Waals surface area (Å²) in [5.74, 6) is 1.95. The lowest BCUT2D eigenvalue weighted by Crippen LogP contribution is -1.95. The fourth-order valence-corrected chi connectivity index (χ4v) is 3.06. The van der Waals surface area contributed by atoms with Gasteiger partial charge in [0, 0.05) is 4.47 Å². The van der Waals surface area contributed by atoms with Gasteiger partial charge in [-0.1, -0.05) is 40.2 Å². The van der Waals surface area contributed by atoms with Crippen LogP contribution in [0.15, 0.2) is 71.2 Å². The molecule has 3 rings (SSSR count). The first-order chi connectivity index (χ1) is 14.1. The Balaban J connectivity index is 1.80. The Labute approximate surface area is 179 Å². The highest BCUT2D eigenvalue weighted by Gasteiger charge is 2.08. The van der Waals surface area contributed by atoms with E-state index in [1.165, 1.54) is 0 Å². The number of rotatable bonds is 7. The van der Waals surface area contributed by atoms with Crippen molar-refractivity contribution < 1.29 is 14.2 Å². The van der Waals surface area contributed by atoms with Crippen LogP contribution in [0.25, 0.3) is 11.6 Å². The Bertz CT molecular complexity index is 1050. The van der Waals surface area contributed by atoms with E-state index in [9.17, 15) is 5.26 Å². The first-order valence-corrected chi connectivity index (χ1v) is 9.73. The van der Waals surface area contributed by atoms with E-state index in [0.717, 1.165) is 26.9 Å². The van der Waals surface area contributed by atoms with E-state index in [4.69, 9.17) is 14.2 Å². The van der Waals surface area contributed by atoms with E-state index in [1.807, 2.05) is 60.7 Å². The fraction of sp³-hybridized carbons (Fsp3) is 0.125. The summed E-state index contributed by atoms with van der Waals surface area (Å²) in [6, 6.07) is 23.3. The molecule has 3 aromatic carbocycles. The van der Waals surface area contributed by atoms with Crippen LogP contribution >= 0.6 is 15.9 Å². The van der Waals surface area contributed by atoms with Gasteiger partial charge in [0.2, 0.25) is 0 Å². The van der Waals surface area contributed by atoms with Crippen molar-refractivity contribution in [3.8, 4) is 23.3 Å². The first kappa shape index (κ1) is 20.5. The lowest BCUT2D eigenvalue weighted by Gasteiger charge is -2.09. The summed E-state index contributed by atoms with van der Waals surface area (Å²) >= 11 is 3.43. The number of hydrogen-bond donors (Lipinski definition) is 0. The van der Waals surface area contributed by atoms with Gasteiger partial charge in [-0.15, -0.1) is 0 Å². The molecule has 146 valence electrons. The normalized spacial score (nSPS) is 10.9. The molecule has 5 heteroatoms. The maximum absolute atomic E-state index is 9.65. The monoisotopic (exact) mass is 449 g/mol. The predicted octanol–water partition coefficient (Wildman–Crippen LogP) is 6.11. The van der Waals surface area contributed by atoms with Gasteiger partial charge >= 0.3 is 0 Å². The molecule has 0 aromatic heterocycles. The topological polar surface area (TPSA) is 51.5 Å². The molecular weight excluding hydrogens is 430 g/mol. The smallest absolute Gasteiger partial charge is 0.161 e. The number of nitrogens with zero attached hydrogens (tertiary/aromatic N) is 1. The summed E-state index contributed by atoms with van der Waals surface area (Å²) in [4.78, 5) is 0. The molecule has 0 atom stereocenters. The Kier molecular flexibility index (Phi) is 6.94. The molecule has 0 heterocycles. The zero-order valence-corrected chi connectivity index (χ0v) is 17.8. The minimum Gasteiger partial charge on any atom is -0.493 e. The van der Waals surface area contributed by atoms with Crippen LogP contribution in [0.2, 0.25) is 0 Å². The maximum Gasteiger partial charge on any atom is 0.161 e. The van der Waals surface area contributed by atoms with Crippen molar-refractivity contribution in [1.82, 2.24) is 0 Å². The van der Waals surface area contributed by atoms with Crippen molar-refractivity contribution >= 4 is 27.6 Å². The van der Waals surface area contributed by atoms with E-state index in [2.05, 4.69) is 22.0 Å². The van der Waals surface area contributed by atoms with Gasteiger partial charge in [-0.05, 0) is 65.2 Å². The molecule has 0 saturated carbocycles. The lowest BCUT2D eigenvalue weighted by atomic mass is 10.0. The largest absolute Gasteiger partial charge is 0.493 e. The molecule has 29 heavy (non-hydrogen) atoms. The van der Waals surface area contributed by atoms with Crippen molar-refractivity contribution in [3.63, 3.8) is 0 Å². The summed E-state index contributed by atoms with van der Waals surface area (Å²) in [6.07, 6.45) is 1.83. The molecule has 0 aliphatic rings. The van der Waals surface area contributed by atoms with Gasteiger partial charge in [0.1, 0.15) is 12.4 Å². The van der Waals surface area contributed by atoms with Crippen LogP contribution in [0.4, 0.5) is 0 Å². The van der Waals surface area contributed by atoms with E-state index >= 15 is 0 Å². The Morgan fingerprint density at radius 3 is 2.41 bits per heavy atom. The van der Waals surface area contributed by atoms with E-state index in [-0.39, 0.29) is 0 Å². The van der Waals surface area contributed by atoms with E-state index < -0.39 is 0 Å². The van der Waals surface area contributed by atoms with Crippen LogP contribution in [0, 0.1) is 11.3 Å². The lowest BCUT2D eigenvalue weighted by molar-refractivity contribution is 0.306. The van der Waals surface area contributed by atoms with Crippen molar-refractivity contribution in [3.05, 3.63) is 87.9 Å². The van der Waals surface area contributed by atoms with Crippen LogP contribution in [-0.4, -0.2) is 14.2 Å². The minimum absolute atomic E-state index is 0.473. The van der Waals surface area contributed by atoms with Crippen LogP contribution in [0.3, 0.4) is 0 Å². The van der Waals surface area contributed by atoms with Crippen molar-refractivity contribution in [2.24, 2.45) is 0 Å². The quantitative estimate of drug-likeness (QED) is 0.322. The molecule has 0 radical (unpaired) electrons. The highest BCUT2D eigenvalue weighted by Crippen LogP contribution is 2.31. The highest BCUT2D eigenvalue weighted by atomic mass is 79.9. The second-order valence-corrected chi connectivity index (χ2v) is 7.14. The summed E-state index contributed by atoms with van der Waals surface area (Å²) < 4.78 is 17.5. The van der Waals surface area contributed by atoms with Gasteiger partial charge in [-0.3, -0.25) is 0 Å². The van der Waals surface area contributed by atoms with Crippen LogP contribution in [0.1, 0.15) is 16.7 Å². The van der Waals surface area contributed by atoms with Gasteiger partial charge in [-0.2, -0.15) is 5.26 Å². The third-order valence-electron chi connectivity index (χ3n) is 4.30. The molecule has 0 spiro atoms. The van der Waals surface area contributed by atoms with Gasteiger partial charge in [-0.25, -0.2) is 0 Å². The minimum atomic E-state index is 0.473. The van der Waals surface area contributed by atoms with Crippen LogP contribution in [0.5, 0.6) is 17.2 Å². The molecule has 0 aliphatic carbocycles. The molecule has 0 saturated heterocycles. The van der Waals surface area contributed by atoms with Crippen molar-refractivity contribution in [2.75, 3.05) is 14.2 Å². The zero-order chi connectivity index (χ0) is 20.6. The molecule has 0 fully saturated rings. The number of methoxy groups -OCH3 is 2. The molecule has 3 aromatic rings. The van der Waals surface area contributed by atoms with Crippen LogP contribution < -0.4 is 14.2 Å². The summed E-state index contributed by atoms with van der Waals surface area (Å²) in [5.41, 5.74) is 3.24. The highest BCUT2D eigenvalue weighted by molar-refractivity contribution is 9.10. The SMILES string of the molecule is COc1ccc(/C(C#N)=C/c2cccc(OCc3ccc(Br)cc3)c2)cc1OC. The van der Waals surface area contributed by atoms with Gasteiger partial charge in [0.25, 0.3) is 0 Å². The molecule has 0 N–H and O–H groups in total. The Hall–Kier alpha value is -3.23. The van der Waals surface area contributed by atoms with Gasteiger partial charge in [0.15, 0.2) is 11.5 Å². The number of nitriles is 1. The third kappa shape index (κ3) is 5.40. The zero-order valence-electron chi connectivity index (χ0n) is 16.2. The summed E-state index contributed by atoms with van der Waals surface area (Å²) in [6.45, 7) is 0.473. The second kappa shape index (κ2) is 9.81. The molecule has 4 nitrogen and oxygen atoms in total.